The van der Waals surface area contributed by atoms with Gasteiger partial charge in [-0.3, -0.25) is 9.80 Å². The molecule has 27 heavy (non-hydrogen) atoms. The van der Waals surface area contributed by atoms with Crippen LogP contribution in [-0.2, 0) is 14.3 Å². The lowest BCUT2D eigenvalue weighted by Crippen LogP contribution is -2.38. The Kier molecular flexibility index (Phi) is 5.85. The van der Waals surface area contributed by atoms with Crippen LogP contribution in [0, 0.1) is 5.82 Å². The molecule has 0 aliphatic carbocycles. The zero-order valence-electron chi connectivity index (χ0n) is 14.5. The standard InChI is InChI=1S/C19H17BrFN3O3/c1-2-27-19(26)16-11-17(24(23-16)13-6-4-3-5-7-13)18(25)22-15-9-8-12(21)10-14(15)20/h3-10,17H,2,11H2,1H3,(H,22,25). The number of hydrogen-bond donors (Lipinski definition) is 1. The molecule has 1 aliphatic heterocycles. The van der Waals surface area contributed by atoms with Gasteiger partial charge in [0.25, 0.3) is 0 Å². The van der Waals surface area contributed by atoms with E-state index >= 15 is 0 Å². The SMILES string of the molecule is CCOC(=O)C1=NN(c2ccccc2)C(C(=O)Nc2ccc(F)cc2Br)C1. The van der Waals surface area contributed by atoms with Crippen LogP contribution in [0.1, 0.15) is 13.3 Å². The molecule has 0 spiro atoms. The number of nitrogens with one attached hydrogen (secondary N) is 1. The molecule has 3 rings (SSSR count). The molecule has 0 saturated heterocycles. The monoisotopic (exact) mass is 433 g/mol. The van der Waals surface area contributed by atoms with Crippen molar-refractivity contribution in [2.45, 2.75) is 19.4 Å². The van der Waals surface area contributed by atoms with Crippen molar-refractivity contribution < 1.29 is 18.7 Å². The number of halogens is 2. The number of carbonyl (C=O) groups excluding carboxylic acids is 2. The summed E-state index contributed by atoms with van der Waals surface area (Å²) in [6.45, 7) is 1.93. The summed E-state index contributed by atoms with van der Waals surface area (Å²) in [4.78, 5) is 24.9. The van der Waals surface area contributed by atoms with E-state index in [4.69, 9.17) is 4.74 Å². The molecule has 1 unspecified atom stereocenters. The van der Waals surface area contributed by atoms with Gasteiger partial charge in [0.2, 0.25) is 5.91 Å². The topological polar surface area (TPSA) is 71.0 Å². The molecule has 0 saturated carbocycles. The van der Waals surface area contributed by atoms with Crippen molar-refractivity contribution in [1.29, 1.82) is 0 Å². The molecule has 140 valence electrons. The van der Waals surface area contributed by atoms with Gasteiger partial charge >= 0.3 is 5.97 Å². The number of hydrazone groups is 1. The van der Waals surface area contributed by atoms with Gasteiger partial charge in [-0.15, -0.1) is 0 Å². The maximum Gasteiger partial charge on any atom is 0.354 e. The van der Waals surface area contributed by atoms with E-state index in [9.17, 15) is 14.0 Å². The smallest absolute Gasteiger partial charge is 0.354 e. The average molecular weight is 434 g/mol. The molecule has 0 radical (unpaired) electrons. The third-order valence-corrected chi connectivity index (χ3v) is 4.59. The van der Waals surface area contributed by atoms with Gasteiger partial charge in [0.05, 0.1) is 18.0 Å². The Morgan fingerprint density at radius 3 is 2.70 bits per heavy atom. The maximum atomic E-state index is 13.3. The van der Waals surface area contributed by atoms with E-state index in [1.54, 1.807) is 19.1 Å². The van der Waals surface area contributed by atoms with Crippen LogP contribution in [0.2, 0.25) is 0 Å². The zero-order valence-corrected chi connectivity index (χ0v) is 16.1. The number of carbonyl (C=O) groups is 2. The average Bonchev–Trinajstić information content (AvgIpc) is 3.11. The second-order valence-electron chi connectivity index (χ2n) is 5.78. The second kappa shape index (κ2) is 8.30. The maximum absolute atomic E-state index is 13.3. The molecule has 0 aromatic heterocycles. The van der Waals surface area contributed by atoms with Crippen LogP contribution in [-0.4, -0.2) is 30.2 Å². The van der Waals surface area contributed by atoms with E-state index < -0.39 is 17.8 Å². The van der Waals surface area contributed by atoms with Crippen molar-refractivity contribution in [1.82, 2.24) is 0 Å². The number of nitrogens with zero attached hydrogens (tertiary/aromatic N) is 2. The van der Waals surface area contributed by atoms with Gasteiger partial charge in [0.15, 0.2) is 0 Å². The Balaban J connectivity index is 1.85. The summed E-state index contributed by atoms with van der Waals surface area (Å²) >= 11 is 3.23. The number of ether oxygens (including phenoxy) is 1. The highest BCUT2D eigenvalue weighted by molar-refractivity contribution is 9.10. The highest BCUT2D eigenvalue weighted by atomic mass is 79.9. The van der Waals surface area contributed by atoms with Crippen LogP contribution in [0.25, 0.3) is 0 Å². The molecule has 1 amide bonds. The molecule has 0 bridgehead atoms. The lowest BCUT2D eigenvalue weighted by molar-refractivity contribution is -0.135. The van der Waals surface area contributed by atoms with Crippen LogP contribution in [0.4, 0.5) is 15.8 Å². The minimum Gasteiger partial charge on any atom is -0.461 e. The Morgan fingerprint density at radius 1 is 1.30 bits per heavy atom. The Bertz CT molecular complexity index is 889. The molecule has 1 N–H and O–H groups in total. The fraction of sp³-hybridized carbons (Fsp3) is 0.211. The van der Waals surface area contributed by atoms with Crippen LogP contribution < -0.4 is 10.3 Å². The number of esters is 1. The number of benzene rings is 2. The summed E-state index contributed by atoms with van der Waals surface area (Å²) in [5.74, 6) is -1.33. The van der Waals surface area contributed by atoms with Crippen LogP contribution in [0.5, 0.6) is 0 Å². The van der Waals surface area contributed by atoms with Crippen molar-refractivity contribution in [2.75, 3.05) is 16.9 Å². The van der Waals surface area contributed by atoms with Gasteiger partial charge in [-0.25, -0.2) is 9.18 Å². The predicted molar refractivity (Wildman–Crippen MR) is 104 cm³/mol. The van der Waals surface area contributed by atoms with E-state index in [1.807, 2.05) is 18.2 Å². The van der Waals surface area contributed by atoms with Crippen molar-refractivity contribution >= 4 is 44.9 Å². The number of rotatable bonds is 5. The lowest BCUT2D eigenvalue weighted by atomic mass is 10.1. The van der Waals surface area contributed by atoms with Crippen LogP contribution in [0.3, 0.4) is 0 Å². The Labute approximate surface area is 164 Å². The number of amides is 1. The van der Waals surface area contributed by atoms with Crippen molar-refractivity contribution in [2.24, 2.45) is 5.10 Å². The van der Waals surface area contributed by atoms with Gasteiger partial charge in [0, 0.05) is 10.9 Å². The highest BCUT2D eigenvalue weighted by Crippen LogP contribution is 2.28. The molecular weight excluding hydrogens is 417 g/mol. The first-order valence-corrected chi connectivity index (χ1v) is 9.13. The Morgan fingerprint density at radius 2 is 2.04 bits per heavy atom. The van der Waals surface area contributed by atoms with E-state index in [0.717, 1.165) is 0 Å². The minimum atomic E-state index is -0.733. The number of para-hydroxylation sites is 1. The molecular formula is C19H17BrFN3O3. The van der Waals surface area contributed by atoms with Gasteiger partial charge in [-0.1, -0.05) is 18.2 Å². The molecule has 1 atom stereocenters. The van der Waals surface area contributed by atoms with Gasteiger partial charge in [-0.05, 0) is 53.2 Å². The first-order chi connectivity index (χ1) is 13.0. The van der Waals surface area contributed by atoms with E-state index in [-0.39, 0.29) is 24.6 Å². The summed E-state index contributed by atoms with van der Waals surface area (Å²) < 4.78 is 18.7. The van der Waals surface area contributed by atoms with E-state index in [0.29, 0.717) is 15.8 Å². The van der Waals surface area contributed by atoms with E-state index in [1.165, 1.54) is 23.2 Å². The Hall–Kier alpha value is -2.74. The van der Waals surface area contributed by atoms with Gasteiger partial charge < -0.3 is 10.1 Å². The first-order valence-electron chi connectivity index (χ1n) is 8.34. The predicted octanol–water partition coefficient (Wildman–Crippen LogP) is 3.72. The van der Waals surface area contributed by atoms with Crippen LogP contribution in [0.15, 0.2) is 58.1 Å². The third kappa shape index (κ3) is 4.33. The highest BCUT2D eigenvalue weighted by Gasteiger charge is 2.37. The summed E-state index contributed by atoms with van der Waals surface area (Å²) in [6, 6.07) is 12.3. The van der Waals surface area contributed by atoms with Gasteiger partial charge in [-0.2, -0.15) is 5.10 Å². The molecule has 1 aliphatic rings. The molecule has 0 fully saturated rings. The fourth-order valence-corrected chi connectivity index (χ4v) is 3.13. The zero-order chi connectivity index (χ0) is 19.4. The first kappa shape index (κ1) is 19.0. The molecule has 2 aromatic rings. The van der Waals surface area contributed by atoms with Gasteiger partial charge in [0.1, 0.15) is 17.6 Å². The van der Waals surface area contributed by atoms with Crippen molar-refractivity contribution in [3.8, 4) is 0 Å². The second-order valence-corrected chi connectivity index (χ2v) is 6.63. The minimum absolute atomic E-state index is 0.109. The number of hydrogen-bond acceptors (Lipinski definition) is 5. The summed E-state index contributed by atoms with van der Waals surface area (Å²) in [6.07, 6.45) is 0.109. The van der Waals surface area contributed by atoms with E-state index in [2.05, 4.69) is 26.3 Å². The lowest BCUT2D eigenvalue weighted by Gasteiger charge is -2.23. The fourth-order valence-electron chi connectivity index (χ4n) is 2.68. The molecule has 1 heterocycles. The largest absolute Gasteiger partial charge is 0.461 e. The van der Waals surface area contributed by atoms with Crippen molar-refractivity contribution in [3.63, 3.8) is 0 Å². The van der Waals surface area contributed by atoms with Crippen LogP contribution >= 0.6 is 15.9 Å². The quantitative estimate of drug-likeness (QED) is 0.729. The molecule has 6 nitrogen and oxygen atoms in total. The molecule has 8 heteroatoms. The summed E-state index contributed by atoms with van der Waals surface area (Å²) in [7, 11) is 0. The summed E-state index contributed by atoms with van der Waals surface area (Å²) in [5.41, 5.74) is 1.29. The number of anilines is 2. The molecule has 2 aromatic carbocycles. The van der Waals surface area contributed by atoms with Crippen molar-refractivity contribution in [3.05, 3.63) is 58.8 Å². The summed E-state index contributed by atoms with van der Waals surface area (Å²) in [5, 5.41) is 8.55. The third-order valence-electron chi connectivity index (χ3n) is 3.93. The normalized spacial score (nSPS) is 16.0.